The van der Waals surface area contributed by atoms with Gasteiger partial charge in [-0.05, 0) is 52.7 Å². The lowest BCUT2D eigenvalue weighted by Gasteiger charge is -2.21. The Bertz CT molecular complexity index is 568. The zero-order valence-corrected chi connectivity index (χ0v) is 13.4. The first-order valence-electron chi connectivity index (χ1n) is 5.48. The van der Waals surface area contributed by atoms with Gasteiger partial charge in [0.1, 0.15) is 0 Å². The Labute approximate surface area is 124 Å². The summed E-state index contributed by atoms with van der Waals surface area (Å²) in [5.74, 6) is 0. The Kier molecular flexibility index (Phi) is 4.20. The van der Waals surface area contributed by atoms with Crippen LogP contribution in [0.3, 0.4) is 0 Å². The van der Waals surface area contributed by atoms with Gasteiger partial charge in [-0.2, -0.15) is 0 Å². The number of anilines is 2. The molecule has 96 valence electrons. The molecule has 1 aromatic carbocycles. The number of nitrogens with two attached hydrogens (primary N) is 1. The summed E-state index contributed by atoms with van der Waals surface area (Å²) in [4.78, 5) is 3.42. The second-order valence-electron chi connectivity index (χ2n) is 4.22. The SMILES string of the molecule is Cc1cc(N(C)Cc2ccc(Cl)s2)c(Br)cc1N. The summed E-state index contributed by atoms with van der Waals surface area (Å²) in [5, 5.41) is 0. The van der Waals surface area contributed by atoms with E-state index in [1.807, 2.05) is 19.1 Å². The number of hydrogen-bond acceptors (Lipinski definition) is 3. The number of hydrogen-bond donors (Lipinski definition) is 1. The summed E-state index contributed by atoms with van der Waals surface area (Å²) in [5.41, 5.74) is 8.90. The molecule has 5 heteroatoms. The van der Waals surface area contributed by atoms with E-state index in [0.717, 1.165) is 32.3 Å². The molecule has 0 spiro atoms. The van der Waals surface area contributed by atoms with E-state index in [4.69, 9.17) is 17.3 Å². The van der Waals surface area contributed by atoms with E-state index in [1.54, 1.807) is 11.3 Å². The molecule has 0 fully saturated rings. The van der Waals surface area contributed by atoms with E-state index in [1.165, 1.54) is 4.88 Å². The molecular formula is C13H14BrClN2S. The monoisotopic (exact) mass is 344 g/mol. The fraction of sp³-hybridized carbons (Fsp3) is 0.231. The summed E-state index contributed by atoms with van der Waals surface area (Å²) in [7, 11) is 2.06. The number of nitrogens with zero attached hydrogens (tertiary/aromatic N) is 1. The highest BCUT2D eigenvalue weighted by Gasteiger charge is 2.10. The van der Waals surface area contributed by atoms with Crippen LogP contribution < -0.4 is 10.6 Å². The van der Waals surface area contributed by atoms with Crippen LogP contribution in [0.15, 0.2) is 28.7 Å². The molecule has 0 radical (unpaired) electrons. The second kappa shape index (κ2) is 5.51. The number of benzene rings is 1. The maximum Gasteiger partial charge on any atom is 0.0931 e. The van der Waals surface area contributed by atoms with Crippen molar-refractivity contribution in [3.63, 3.8) is 0 Å². The third-order valence-electron chi connectivity index (χ3n) is 2.77. The van der Waals surface area contributed by atoms with Crippen molar-refractivity contribution >= 4 is 50.2 Å². The third-order valence-corrected chi connectivity index (χ3v) is 4.62. The van der Waals surface area contributed by atoms with Gasteiger partial charge < -0.3 is 10.6 Å². The van der Waals surface area contributed by atoms with Gasteiger partial charge in [-0.15, -0.1) is 11.3 Å². The van der Waals surface area contributed by atoms with Crippen LogP contribution in [-0.4, -0.2) is 7.05 Å². The normalized spacial score (nSPS) is 10.7. The number of rotatable bonds is 3. The topological polar surface area (TPSA) is 29.3 Å². The molecule has 0 amide bonds. The fourth-order valence-corrected chi connectivity index (χ4v) is 3.53. The van der Waals surface area contributed by atoms with E-state index in [9.17, 15) is 0 Å². The molecule has 18 heavy (non-hydrogen) atoms. The minimum absolute atomic E-state index is 0.804. The van der Waals surface area contributed by atoms with Crippen LogP contribution in [0.25, 0.3) is 0 Å². The van der Waals surface area contributed by atoms with Crippen molar-refractivity contribution in [2.45, 2.75) is 13.5 Å². The average molecular weight is 346 g/mol. The summed E-state index contributed by atoms with van der Waals surface area (Å²) >= 11 is 11.1. The Hall–Kier alpha value is -0.710. The summed E-state index contributed by atoms with van der Waals surface area (Å²) < 4.78 is 1.83. The maximum absolute atomic E-state index is 5.94. The van der Waals surface area contributed by atoms with Gasteiger partial charge in [0.2, 0.25) is 0 Å². The first-order valence-corrected chi connectivity index (χ1v) is 7.47. The molecule has 0 saturated carbocycles. The van der Waals surface area contributed by atoms with Crippen molar-refractivity contribution in [3.05, 3.63) is 43.5 Å². The molecule has 2 N–H and O–H groups in total. The Morgan fingerprint density at radius 2 is 2.11 bits per heavy atom. The van der Waals surface area contributed by atoms with Crippen LogP contribution in [0.5, 0.6) is 0 Å². The minimum Gasteiger partial charge on any atom is -0.398 e. The summed E-state index contributed by atoms with van der Waals surface area (Å²) in [6.07, 6.45) is 0. The predicted molar refractivity (Wildman–Crippen MR) is 84.7 cm³/mol. The Balaban J connectivity index is 2.23. The lowest BCUT2D eigenvalue weighted by molar-refractivity contribution is 0.936. The van der Waals surface area contributed by atoms with Gasteiger partial charge in [0, 0.05) is 22.1 Å². The van der Waals surface area contributed by atoms with Crippen molar-refractivity contribution < 1.29 is 0 Å². The first kappa shape index (κ1) is 13.7. The minimum atomic E-state index is 0.804. The highest BCUT2D eigenvalue weighted by atomic mass is 79.9. The molecule has 0 aliphatic carbocycles. The third kappa shape index (κ3) is 2.99. The Morgan fingerprint density at radius 3 is 2.72 bits per heavy atom. The van der Waals surface area contributed by atoms with Gasteiger partial charge in [0.15, 0.2) is 0 Å². The molecule has 2 nitrogen and oxygen atoms in total. The number of thiophene rings is 1. The van der Waals surface area contributed by atoms with Gasteiger partial charge in [-0.3, -0.25) is 0 Å². The van der Waals surface area contributed by atoms with Gasteiger partial charge >= 0.3 is 0 Å². The first-order chi connectivity index (χ1) is 8.47. The van der Waals surface area contributed by atoms with E-state index in [0.29, 0.717) is 0 Å². The Morgan fingerprint density at radius 1 is 1.39 bits per heavy atom. The molecular weight excluding hydrogens is 332 g/mol. The van der Waals surface area contributed by atoms with Crippen molar-refractivity contribution in [1.29, 1.82) is 0 Å². The molecule has 0 aliphatic rings. The molecule has 1 heterocycles. The van der Waals surface area contributed by atoms with Gasteiger partial charge in [-0.1, -0.05) is 11.6 Å². The molecule has 2 rings (SSSR count). The molecule has 0 bridgehead atoms. The largest absolute Gasteiger partial charge is 0.398 e. The molecule has 0 unspecified atom stereocenters. The van der Waals surface area contributed by atoms with Gasteiger partial charge in [0.25, 0.3) is 0 Å². The van der Waals surface area contributed by atoms with Crippen LogP contribution in [0, 0.1) is 6.92 Å². The van der Waals surface area contributed by atoms with Gasteiger partial charge in [-0.25, -0.2) is 0 Å². The second-order valence-corrected chi connectivity index (χ2v) is 6.88. The molecule has 2 aromatic rings. The number of halogens is 2. The van der Waals surface area contributed by atoms with E-state index < -0.39 is 0 Å². The quantitative estimate of drug-likeness (QED) is 0.818. The lowest BCUT2D eigenvalue weighted by Crippen LogP contribution is -2.16. The zero-order chi connectivity index (χ0) is 13.3. The molecule has 1 aromatic heterocycles. The highest BCUT2D eigenvalue weighted by Crippen LogP contribution is 2.32. The number of nitrogen functional groups attached to an aromatic ring is 1. The zero-order valence-electron chi connectivity index (χ0n) is 10.2. The van der Waals surface area contributed by atoms with Crippen LogP contribution in [0.4, 0.5) is 11.4 Å². The summed E-state index contributed by atoms with van der Waals surface area (Å²) in [6.45, 7) is 2.85. The fourth-order valence-electron chi connectivity index (χ4n) is 1.73. The highest BCUT2D eigenvalue weighted by molar-refractivity contribution is 9.10. The lowest BCUT2D eigenvalue weighted by atomic mass is 10.1. The van der Waals surface area contributed by atoms with E-state index in [2.05, 4.69) is 40.0 Å². The molecule has 0 atom stereocenters. The van der Waals surface area contributed by atoms with E-state index >= 15 is 0 Å². The average Bonchev–Trinajstić information content (AvgIpc) is 2.69. The summed E-state index contributed by atoms with van der Waals surface area (Å²) in [6, 6.07) is 8.03. The van der Waals surface area contributed by atoms with Crippen LogP contribution in [-0.2, 0) is 6.54 Å². The van der Waals surface area contributed by atoms with E-state index in [-0.39, 0.29) is 0 Å². The van der Waals surface area contributed by atoms with Crippen molar-refractivity contribution in [1.82, 2.24) is 0 Å². The van der Waals surface area contributed by atoms with Crippen molar-refractivity contribution in [3.8, 4) is 0 Å². The van der Waals surface area contributed by atoms with Crippen LogP contribution in [0.1, 0.15) is 10.4 Å². The number of aryl methyl sites for hydroxylation is 1. The van der Waals surface area contributed by atoms with Crippen LogP contribution >= 0.6 is 38.9 Å². The predicted octanol–water partition coefficient (Wildman–Crippen LogP) is 4.69. The smallest absolute Gasteiger partial charge is 0.0931 e. The van der Waals surface area contributed by atoms with Crippen molar-refractivity contribution in [2.24, 2.45) is 0 Å². The van der Waals surface area contributed by atoms with Crippen molar-refractivity contribution in [2.75, 3.05) is 17.7 Å². The van der Waals surface area contributed by atoms with Gasteiger partial charge in [0.05, 0.1) is 16.6 Å². The molecule has 0 aliphatic heterocycles. The van der Waals surface area contributed by atoms with Crippen LogP contribution in [0.2, 0.25) is 4.34 Å². The standard InChI is InChI=1S/C13H14BrClN2S/c1-8-5-12(10(14)6-11(8)16)17(2)7-9-3-4-13(15)18-9/h3-6H,7,16H2,1-2H3. The molecule has 0 saturated heterocycles. The maximum atomic E-state index is 5.94.